The largest absolute Gasteiger partial charge is 0.477 e. The van der Waals surface area contributed by atoms with Crippen LogP contribution in [0.2, 0.25) is 0 Å². The maximum atomic E-state index is 12.8. The van der Waals surface area contributed by atoms with Gasteiger partial charge in [0.2, 0.25) is 0 Å². The molecule has 30 heavy (non-hydrogen) atoms. The standard InChI is InChI=1S/C19H18N4O4S3/c1-9-5-3-4-6-12(9)15(24)20-13-16(25)23-14(18(26)27)11(7-28-17(13)23)8-29-19-22-21-10(2)30-19/h3-6,13,17H,7-8H2,1-2H3,(H,20,24)(H,26,27). The van der Waals surface area contributed by atoms with Gasteiger partial charge in [0, 0.05) is 17.1 Å². The molecule has 11 heteroatoms. The van der Waals surface area contributed by atoms with Crippen molar-refractivity contribution in [1.29, 1.82) is 0 Å². The Labute approximate surface area is 185 Å². The van der Waals surface area contributed by atoms with Crippen molar-refractivity contribution >= 4 is 52.6 Å². The molecule has 0 aliphatic carbocycles. The average molecular weight is 463 g/mol. The van der Waals surface area contributed by atoms with Gasteiger partial charge in [-0.25, -0.2) is 4.79 Å². The van der Waals surface area contributed by atoms with Gasteiger partial charge in [0.1, 0.15) is 22.1 Å². The Balaban J connectivity index is 1.49. The number of thioether (sulfide) groups is 2. The first-order valence-electron chi connectivity index (χ1n) is 9.06. The van der Waals surface area contributed by atoms with E-state index in [0.29, 0.717) is 22.6 Å². The molecular weight excluding hydrogens is 444 g/mol. The molecule has 1 aromatic carbocycles. The van der Waals surface area contributed by atoms with Gasteiger partial charge in [-0.3, -0.25) is 14.5 Å². The number of carboxylic acid groups (broad SMARTS) is 1. The van der Waals surface area contributed by atoms with Gasteiger partial charge >= 0.3 is 5.97 Å². The Morgan fingerprint density at radius 1 is 1.30 bits per heavy atom. The van der Waals surface area contributed by atoms with Gasteiger partial charge in [0.25, 0.3) is 11.8 Å². The maximum Gasteiger partial charge on any atom is 0.352 e. The molecule has 2 aliphatic rings. The molecule has 0 spiro atoms. The van der Waals surface area contributed by atoms with Crippen molar-refractivity contribution < 1.29 is 19.5 Å². The van der Waals surface area contributed by atoms with E-state index in [4.69, 9.17) is 0 Å². The first kappa shape index (κ1) is 20.9. The number of nitrogens with one attached hydrogen (secondary N) is 1. The predicted molar refractivity (Wildman–Crippen MR) is 116 cm³/mol. The number of amides is 2. The molecule has 2 aromatic rings. The second kappa shape index (κ2) is 8.40. The molecule has 1 saturated heterocycles. The Morgan fingerprint density at radius 2 is 2.07 bits per heavy atom. The van der Waals surface area contributed by atoms with Crippen LogP contribution in [-0.4, -0.2) is 60.9 Å². The van der Waals surface area contributed by atoms with E-state index in [1.807, 2.05) is 26.0 Å². The zero-order valence-electron chi connectivity index (χ0n) is 16.1. The minimum absolute atomic E-state index is 0.0128. The summed E-state index contributed by atoms with van der Waals surface area (Å²) in [4.78, 5) is 38.6. The first-order valence-corrected chi connectivity index (χ1v) is 11.9. The number of nitrogens with zero attached hydrogens (tertiary/aromatic N) is 3. The second-order valence-electron chi connectivity index (χ2n) is 6.81. The van der Waals surface area contributed by atoms with Gasteiger partial charge in [-0.2, -0.15) is 0 Å². The lowest BCUT2D eigenvalue weighted by Crippen LogP contribution is -2.70. The Hall–Kier alpha value is -2.37. The zero-order chi connectivity index (χ0) is 21.4. The summed E-state index contributed by atoms with van der Waals surface area (Å²) in [6.45, 7) is 3.68. The second-order valence-corrected chi connectivity index (χ2v) is 10.3. The molecule has 0 radical (unpaired) electrons. The highest BCUT2D eigenvalue weighted by molar-refractivity contribution is 8.01. The van der Waals surface area contributed by atoms with Crippen LogP contribution >= 0.6 is 34.9 Å². The van der Waals surface area contributed by atoms with Crippen LogP contribution in [0, 0.1) is 13.8 Å². The highest BCUT2D eigenvalue weighted by atomic mass is 32.2. The van der Waals surface area contributed by atoms with Crippen LogP contribution < -0.4 is 5.32 Å². The fourth-order valence-electron chi connectivity index (χ4n) is 3.33. The lowest BCUT2D eigenvalue weighted by Gasteiger charge is -2.49. The van der Waals surface area contributed by atoms with Crippen molar-refractivity contribution in [3.63, 3.8) is 0 Å². The minimum Gasteiger partial charge on any atom is -0.477 e. The summed E-state index contributed by atoms with van der Waals surface area (Å²) in [5.41, 5.74) is 1.99. The molecule has 2 amide bonds. The number of rotatable bonds is 6. The number of β-lactam (4-membered cyclic amide) rings is 1. The minimum atomic E-state index is -1.14. The molecule has 156 valence electrons. The van der Waals surface area contributed by atoms with Crippen LogP contribution in [0.4, 0.5) is 0 Å². The van der Waals surface area contributed by atoms with E-state index >= 15 is 0 Å². The number of carbonyl (C=O) groups is 3. The molecule has 0 bridgehead atoms. The predicted octanol–water partition coefficient (Wildman–Crippen LogP) is 2.30. The summed E-state index contributed by atoms with van der Waals surface area (Å²) in [6.07, 6.45) is 0. The summed E-state index contributed by atoms with van der Waals surface area (Å²) < 4.78 is 0.759. The summed E-state index contributed by atoms with van der Waals surface area (Å²) in [5, 5.41) is 20.9. The molecule has 4 rings (SSSR count). The third-order valence-electron chi connectivity index (χ3n) is 4.80. The van der Waals surface area contributed by atoms with Gasteiger partial charge in [-0.15, -0.1) is 22.0 Å². The van der Waals surface area contributed by atoms with Crippen molar-refractivity contribution in [3.8, 4) is 0 Å². The maximum absolute atomic E-state index is 12.8. The number of hydrogen-bond acceptors (Lipinski definition) is 8. The topological polar surface area (TPSA) is 112 Å². The van der Waals surface area contributed by atoms with E-state index in [9.17, 15) is 19.5 Å². The van der Waals surface area contributed by atoms with E-state index in [1.54, 1.807) is 12.1 Å². The molecule has 2 aliphatic heterocycles. The zero-order valence-corrected chi connectivity index (χ0v) is 18.6. The van der Waals surface area contributed by atoms with Crippen LogP contribution in [0.25, 0.3) is 0 Å². The number of hydrogen-bond donors (Lipinski definition) is 2. The van der Waals surface area contributed by atoms with Crippen molar-refractivity contribution in [2.45, 2.75) is 29.6 Å². The molecule has 3 heterocycles. The molecule has 2 N–H and O–H groups in total. The Morgan fingerprint density at radius 3 is 2.73 bits per heavy atom. The van der Waals surface area contributed by atoms with E-state index in [0.717, 1.165) is 14.9 Å². The number of aryl methyl sites for hydroxylation is 2. The normalized spacial score (nSPS) is 20.6. The average Bonchev–Trinajstić information content (AvgIpc) is 3.14. The monoisotopic (exact) mass is 462 g/mol. The summed E-state index contributed by atoms with van der Waals surface area (Å²) in [7, 11) is 0. The lowest BCUT2D eigenvalue weighted by atomic mass is 10.0. The van der Waals surface area contributed by atoms with Gasteiger partial charge in [0.05, 0.1) is 0 Å². The number of aromatic nitrogens is 2. The van der Waals surface area contributed by atoms with Crippen LogP contribution in [-0.2, 0) is 9.59 Å². The summed E-state index contributed by atoms with van der Waals surface area (Å²) in [5.74, 6) is -0.986. The number of carbonyl (C=O) groups excluding carboxylic acids is 2. The van der Waals surface area contributed by atoms with E-state index in [2.05, 4.69) is 15.5 Å². The molecule has 1 fully saturated rings. The van der Waals surface area contributed by atoms with E-state index in [-0.39, 0.29) is 11.6 Å². The Kier molecular flexibility index (Phi) is 5.85. The van der Waals surface area contributed by atoms with Crippen molar-refractivity contribution in [1.82, 2.24) is 20.4 Å². The third-order valence-corrected chi connectivity index (χ3v) is 8.20. The van der Waals surface area contributed by atoms with Crippen LogP contribution in [0.1, 0.15) is 20.9 Å². The Bertz CT molecular complexity index is 1070. The summed E-state index contributed by atoms with van der Waals surface area (Å²) >= 11 is 4.31. The molecule has 0 saturated carbocycles. The molecule has 8 nitrogen and oxygen atoms in total. The SMILES string of the molecule is Cc1nnc(SCC2=C(C(=O)O)N3C(=O)C(NC(=O)c4ccccc4C)C3SC2)s1. The van der Waals surface area contributed by atoms with E-state index in [1.165, 1.54) is 39.8 Å². The van der Waals surface area contributed by atoms with Crippen LogP contribution in [0.3, 0.4) is 0 Å². The number of benzene rings is 1. The number of aliphatic carboxylic acids is 1. The smallest absolute Gasteiger partial charge is 0.352 e. The van der Waals surface area contributed by atoms with Crippen LogP contribution in [0.5, 0.6) is 0 Å². The fraction of sp³-hybridized carbons (Fsp3) is 0.316. The van der Waals surface area contributed by atoms with Gasteiger partial charge in [-0.1, -0.05) is 41.3 Å². The highest BCUT2D eigenvalue weighted by Gasteiger charge is 2.54. The molecule has 2 atom stereocenters. The fourth-order valence-corrected chi connectivity index (χ4v) is 6.63. The molecule has 1 aromatic heterocycles. The van der Waals surface area contributed by atoms with Crippen molar-refractivity contribution in [2.24, 2.45) is 0 Å². The third kappa shape index (κ3) is 3.84. The molecule has 2 unspecified atom stereocenters. The van der Waals surface area contributed by atoms with Crippen molar-refractivity contribution in [3.05, 3.63) is 51.7 Å². The first-order chi connectivity index (χ1) is 14.4. The van der Waals surface area contributed by atoms with Crippen LogP contribution in [0.15, 0.2) is 39.9 Å². The quantitative estimate of drug-likeness (QED) is 0.497. The lowest BCUT2D eigenvalue weighted by molar-refractivity contribution is -0.148. The number of carboxylic acids is 1. The van der Waals surface area contributed by atoms with Gasteiger partial charge in [-0.05, 0) is 31.1 Å². The summed E-state index contributed by atoms with van der Waals surface area (Å²) in [6, 6.07) is 6.39. The van der Waals surface area contributed by atoms with Gasteiger partial charge in [0.15, 0.2) is 4.34 Å². The van der Waals surface area contributed by atoms with E-state index < -0.39 is 23.3 Å². The number of fused-ring (bicyclic) bond motifs is 1. The highest BCUT2D eigenvalue weighted by Crippen LogP contribution is 2.41. The van der Waals surface area contributed by atoms with Crippen molar-refractivity contribution in [2.75, 3.05) is 11.5 Å². The van der Waals surface area contributed by atoms with Gasteiger partial charge < -0.3 is 10.4 Å². The molecular formula is C19H18N4O4S3.